The molecule has 1 aromatic carbocycles. The molecule has 0 saturated heterocycles. The molecule has 0 bridgehead atoms. The molecule has 0 spiro atoms. The monoisotopic (exact) mass is 314 g/mol. The molecule has 0 aliphatic heterocycles. The maximum atomic E-state index is 13.0. The zero-order chi connectivity index (χ0) is 17.1. The van der Waals surface area contributed by atoms with Gasteiger partial charge >= 0.3 is 6.18 Å². The van der Waals surface area contributed by atoms with Gasteiger partial charge in [-0.05, 0) is 18.2 Å². The lowest BCUT2D eigenvalue weighted by Gasteiger charge is -2.16. The van der Waals surface area contributed by atoms with Crippen molar-refractivity contribution in [1.82, 2.24) is 0 Å². The predicted molar refractivity (Wildman–Crippen MR) is 73.2 cm³/mol. The standard InChI is InChI=1S/C15H14F4N2O/c1-14(2,3)13(22)9(7-20)8-21-12-5-4-10(16)6-11(12)15(17,18)19/h4-6,8,21H,1-3H3/b9-8+. The Balaban J connectivity index is 3.18. The van der Waals surface area contributed by atoms with E-state index in [2.05, 4.69) is 5.32 Å². The zero-order valence-electron chi connectivity index (χ0n) is 12.2. The summed E-state index contributed by atoms with van der Waals surface area (Å²) in [5, 5.41) is 11.2. The summed E-state index contributed by atoms with van der Waals surface area (Å²) in [7, 11) is 0. The molecule has 0 aromatic heterocycles. The Morgan fingerprint density at radius 1 is 1.27 bits per heavy atom. The molecule has 1 aromatic rings. The van der Waals surface area contributed by atoms with Gasteiger partial charge in [0.1, 0.15) is 17.5 Å². The number of carbonyl (C=O) groups excluding carboxylic acids is 1. The number of carbonyl (C=O) groups is 1. The van der Waals surface area contributed by atoms with Crippen LogP contribution in [0.1, 0.15) is 26.3 Å². The molecule has 118 valence electrons. The third kappa shape index (κ3) is 4.32. The molecule has 0 aliphatic rings. The van der Waals surface area contributed by atoms with E-state index in [9.17, 15) is 22.4 Å². The fourth-order valence-corrected chi connectivity index (χ4v) is 1.58. The van der Waals surface area contributed by atoms with Crippen LogP contribution in [0.25, 0.3) is 0 Å². The molecule has 0 amide bonds. The molecule has 0 radical (unpaired) electrons. The number of rotatable bonds is 3. The number of allylic oxidation sites excluding steroid dienone is 1. The molecule has 0 atom stereocenters. The number of ketones is 1. The van der Waals surface area contributed by atoms with E-state index in [1.54, 1.807) is 26.8 Å². The number of halogens is 4. The van der Waals surface area contributed by atoms with Gasteiger partial charge in [-0.3, -0.25) is 4.79 Å². The second-order valence-corrected chi connectivity index (χ2v) is 5.58. The van der Waals surface area contributed by atoms with Crippen molar-refractivity contribution in [2.45, 2.75) is 26.9 Å². The van der Waals surface area contributed by atoms with Crippen molar-refractivity contribution in [1.29, 1.82) is 5.26 Å². The van der Waals surface area contributed by atoms with E-state index in [1.165, 1.54) is 0 Å². The van der Waals surface area contributed by atoms with Gasteiger partial charge in [-0.1, -0.05) is 20.8 Å². The highest BCUT2D eigenvalue weighted by Crippen LogP contribution is 2.35. The van der Waals surface area contributed by atoms with E-state index in [1.807, 2.05) is 0 Å². The van der Waals surface area contributed by atoms with E-state index in [0.29, 0.717) is 6.07 Å². The van der Waals surface area contributed by atoms with Gasteiger partial charge in [0.05, 0.1) is 11.3 Å². The lowest BCUT2D eigenvalue weighted by Crippen LogP contribution is -2.22. The van der Waals surface area contributed by atoms with Crippen LogP contribution < -0.4 is 5.32 Å². The van der Waals surface area contributed by atoms with Gasteiger partial charge in [0.15, 0.2) is 5.78 Å². The summed E-state index contributed by atoms with van der Waals surface area (Å²) in [6.45, 7) is 4.75. The first-order valence-corrected chi connectivity index (χ1v) is 6.25. The average Bonchev–Trinajstić information content (AvgIpc) is 2.38. The van der Waals surface area contributed by atoms with Crippen LogP contribution in [-0.2, 0) is 11.0 Å². The van der Waals surface area contributed by atoms with E-state index in [4.69, 9.17) is 5.26 Å². The quantitative estimate of drug-likeness (QED) is 0.515. The van der Waals surface area contributed by atoms with Crippen LogP contribution in [0, 0.1) is 22.6 Å². The third-order valence-electron chi connectivity index (χ3n) is 2.71. The number of anilines is 1. The van der Waals surface area contributed by atoms with E-state index in [0.717, 1.165) is 18.3 Å². The predicted octanol–water partition coefficient (Wildman–Crippen LogP) is 4.28. The van der Waals surface area contributed by atoms with Crippen LogP contribution in [-0.4, -0.2) is 5.78 Å². The van der Waals surface area contributed by atoms with E-state index < -0.39 is 34.4 Å². The van der Waals surface area contributed by atoms with Gasteiger partial charge in [-0.15, -0.1) is 0 Å². The fourth-order valence-electron chi connectivity index (χ4n) is 1.58. The van der Waals surface area contributed by atoms with Crippen LogP contribution in [0.15, 0.2) is 30.0 Å². The van der Waals surface area contributed by atoms with Crippen molar-refractivity contribution in [3.05, 3.63) is 41.4 Å². The average molecular weight is 314 g/mol. The van der Waals surface area contributed by atoms with Crippen molar-refractivity contribution in [3.63, 3.8) is 0 Å². The topological polar surface area (TPSA) is 52.9 Å². The number of hydrogen-bond donors (Lipinski definition) is 1. The summed E-state index contributed by atoms with van der Waals surface area (Å²) < 4.78 is 51.4. The van der Waals surface area contributed by atoms with Gasteiger partial charge in [0.2, 0.25) is 0 Å². The molecule has 7 heteroatoms. The fraction of sp³-hybridized carbons (Fsp3) is 0.333. The minimum absolute atomic E-state index is 0.315. The summed E-state index contributed by atoms with van der Waals surface area (Å²) in [6, 6.07) is 3.73. The van der Waals surface area contributed by atoms with Crippen LogP contribution in [0.4, 0.5) is 23.2 Å². The second kappa shape index (κ2) is 6.18. The van der Waals surface area contributed by atoms with Crippen LogP contribution in [0.2, 0.25) is 0 Å². The Bertz CT molecular complexity index is 649. The molecule has 3 nitrogen and oxygen atoms in total. The van der Waals surface area contributed by atoms with Crippen molar-refractivity contribution < 1.29 is 22.4 Å². The maximum Gasteiger partial charge on any atom is 0.418 e. The van der Waals surface area contributed by atoms with Crippen molar-refractivity contribution >= 4 is 11.5 Å². The summed E-state index contributed by atoms with van der Waals surface area (Å²) in [5.74, 6) is -1.55. The Morgan fingerprint density at radius 2 is 1.86 bits per heavy atom. The lowest BCUT2D eigenvalue weighted by atomic mass is 9.87. The third-order valence-corrected chi connectivity index (χ3v) is 2.71. The minimum Gasteiger partial charge on any atom is -0.360 e. The van der Waals surface area contributed by atoms with Crippen LogP contribution in [0.3, 0.4) is 0 Å². The molecule has 0 heterocycles. The molecule has 22 heavy (non-hydrogen) atoms. The Labute approximate surface area is 125 Å². The Kier molecular flexibility index (Phi) is 4.97. The molecule has 0 unspecified atom stereocenters. The highest BCUT2D eigenvalue weighted by molar-refractivity contribution is 6.02. The van der Waals surface area contributed by atoms with E-state index in [-0.39, 0.29) is 5.57 Å². The molecule has 0 saturated carbocycles. The zero-order valence-corrected chi connectivity index (χ0v) is 12.2. The normalized spacial score (nSPS) is 12.7. The molecular weight excluding hydrogens is 300 g/mol. The Morgan fingerprint density at radius 3 is 2.32 bits per heavy atom. The minimum atomic E-state index is -4.76. The molecule has 1 rings (SSSR count). The SMILES string of the molecule is CC(C)(C)C(=O)/C(C#N)=C/Nc1ccc(F)cc1C(F)(F)F. The van der Waals surface area contributed by atoms with Crippen molar-refractivity contribution in [2.75, 3.05) is 5.32 Å². The first-order chi connectivity index (χ1) is 9.96. The largest absolute Gasteiger partial charge is 0.418 e. The van der Waals surface area contributed by atoms with Gasteiger partial charge in [-0.2, -0.15) is 18.4 Å². The molecule has 0 fully saturated rings. The summed E-state index contributed by atoms with van der Waals surface area (Å²) in [6.07, 6.45) is -3.87. The van der Waals surface area contributed by atoms with Gasteiger partial charge < -0.3 is 5.32 Å². The number of Topliss-reactive ketones (excluding diaryl/α,β-unsaturated/α-hetero) is 1. The first-order valence-electron chi connectivity index (χ1n) is 6.25. The number of nitrogens with one attached hydrogen (secondary N) is 1. The molecule has 1 N–H and O–H groups in total. The van der Waals surface area contributed by atoms with Crippen molar-refractivity contribution in [2.24, 2.45) is 5.41 Å². The summed E-state index contributed by atoms with van der Waals surface area (Å²) in [4.78, 5) is 11.9. The maximum absolute atomic E-state index is 13.0. The Hall–Kier alpha value is -2.36. The lowest BCUT2D eigenvalue weighted by molar-refractivity contribution is -0.137. The smallest absolute Gasteiger partial charge is 0.360 e. The number of nitriles is 1. The van der Waals surface area contributed by atoms with Gasteiger partial charge in [0.25, 0.3) is 0 Å². The van der Waals surface area contributed by atoms with Crippen molar-refractivity contribution in [3.8, 4) is 6.07 Å². The highest BCUT2D eigenvalue weighted by Gasteiger charge is 2.34. The number of benzene rings is 1. The first kappa shape index (κ1) is 17.7. The van der Waals surface area contributed by atoms with Gasteiger partial charge in [0, 0.05) is 11.6 Å². The molecule has 0 aliphatic carbocycles. The van der Waals surface area contributed by atoms with E-state index >= 15 is 0 Å². The highest BCUT2D eigenvalue weighted by atomic mass is 19.4. The number of hydrogen-bond acceptors (Lipinski definition) is 3. The summed E-state index contributed by atoms with van der Waals surface area (Å²) >= 11 is 0. The number of alkyl halides is 3. The number of nitrogens with zero attached hydrogens (tertiary/aromatic N) is 1. The van der Waals surface area contributed by atoms with Crippen LogP contribution in [0.5, 0.6) is 0 Å². The summed E-state index contributed by atoms with van der Waals surface area (Å²) in [5.41, 5.74) is -2.82. The van der Waals surface area contributed by atoms with Crippen LogP contribution >= 0.6 is 0 Å². The molecular formula is C15H14F4N2O. The van der Waals surface area contributed by atoms with Gasteiger partial charge in [-0.25, -0.2) is 4.39 Å². The second-order valence-electron chi connectivity index (χ2n) is 5.58.